The van der Waals surface area contributed by atoms with Gasteiger partial charge in [0, 0.05) is 19.6 Å². The fourth-order valence-electron chi connectivity index (χ4n) is 2.96. The third kappa shape index (κ3) is 5.36. The van der Waals surface area contributed by atoms with Crippen LogP contribution in [0.15, 0.2) is 0 Å². The largest absolute Gasteiger partial charge is 0.393 e. The van der Waals surface area contributed by atoms with Crippen LogP contribution in [0.25, 0.3) is 0 Å². The lowest BCUT2D eigenvalue weighted by molar-refractivity contribution is 0.134. The SMILES string of the molecule is CCNCC1(CN(C)CCC(C)O)CCCC1. The van der Waals surface area contributed by atoms with E-state index in [2.05, 4.69) is 24.2 Å². The van der Waals surface area contributed by atoms with E-state index in [1.165, 1.54) is 32.2 Å². The van der Waals surface area contributed by atoms with Crippen molar-refractivity contribution in [2.45, 2.75) is 52.1 Å². The van der Waals surface area contributed by atoms with Crippen molar-refractivity contribution in [3.05, 3.63) is 0 Å². The Morgan fingerprint density at radius 2 is 2.00 bits per heavy atom. The summed E-state index contributed by atoms with van der Waals surface area (Å²) < 4.78 is 0. The molecule has 17 heavy (non-hydrogen) atoms. The van der Waals surface area contributed by atoms with Gasteiger partial charge in [-0.2, -0.15) is 0 Å². The molecule has 2 N–H and O–H groups in total. The molecular weight excluding hydrogens is 212 g/mol. The highest BCUT2D eigenvalue weighted by atomic mass is 16.3. The van der Waals surface area contributed by atoms with Gasteiger partial charge in [-0.3, -0.25) is 0 Å². The van der Waals surface area contributed by atoms with Crippen molar-refractivity contribution in [3.63, 3.8) is 0 Å². The number of rotatable bonds is 8. The van der Waals surface area contributed by atoms with Gasteiger partial charge in [-0.15, -0.1) is 0 Å². The molecule has 1 aliphatic carbocycles. The van der Waals surface area contributed by atoms with Crippen LogP contribution >= 0.6 is 0 Å². The fourth-order valence-corrected chi connectivity index (χ4v) is 2.96. The molecule has 1 fully saturated rings. The second-order valence-electron chi connectivity index (χ2n) is 5.86. The Kier molecular flexibility index (Phi) is 6.45. The van der Waals surface area contributed by atoms with Crippen LogP contribution in [-0.2, 0) is 0 Å². The maximum absolute atomic E-state index is 9.33. The topological polar surface area (TPSA) is 35.5 Å². The molecule has 0 aliphatic heterocycles. The number of nitrogens with zero attached hydrogens (tertiary/aromatic N) is 1. The first-order valence-corrected chi connectivity index (χ1v) is 7.15. The van der Waals surface area contributed by atoms with E-state index in [9.17, 15) is 5.11 Å². The first kappa shape index (κ1) is 14.9. The normalized spacial score (nSPS) is 21.0. The van der Waals surface area contributed by atoms with E-state index in [0.717, 1.165) is 26.1 Å². The van der Waals surface area contributed by atoms with Crippen LogP contribution < -0.4 is 5.32 Å². The molecule has 0 aromatic heterocycles. The lowest BCUT2D eigenvalue weighted by Gasteiger charge is -2.34. The van der Waals surface area contributed by atoms with Crippen LogP contribution in [0.5, 0.6) is 0 Å². The molecular formula is C14H30N2O. The second kappa shape index (κ2) is 7.34. The quantitative estimate of drug-likeness (QED) is 0.682. The van der Waals surface area contributed by atoms with Gasteiger partial charge in [0.2, 0.25) is 0 Å². The van der Waals surface area contributed by atoms with E-state index in [0.29, 0.717) is 5.41 Å². The van der Waals surface area contributed by atoms with Gasteiger partial charge in [-0.05, 0) is 45.2 Å². The third-order valence-corrected chi connectivity index (χ3v) is 3.95. The van der Waals surface area contributed by atoms with Gasteiger partial charge in [0.25, 0.3) is 0 Å². The fraction of sp³-hybridized carbons (Fsp3) is 1.00. The monoisotopic (exact) mass is 242 g/mol. The Hall–Kier alpha value is -0.120. The van der Waals surface area contributed by atoms with E-state index in [4.69, 9.17) is 0 Å². The zero-order chi connectivity index (χ0) is 12.7. The van der Waals surface area contributed by atoms with Crippen molar-refractivity contribution in [1.29, 1.82) is 0 Å². The molecule has 0 radical (unpaired) electrons. The van der Waals surface area contributed by atoms with Crippen molar-refractivity contribution in [1.82, 2.24) is 10.2 Å². The molecule has 0 bridgehead atoms. The summed E-state index contributed by atoms with van der Waals surface area (Å²) in [5.74, 6) is 0. The zero-order valence-electron chi connectivity index (χ0n) is 11.8. The van der Waals surface area contributed by atoms with Crippen LogP contribution in [0.4, 0.5) is 0 Å². The molecule has 1 rings (SSSR count). The predicted octanol–water partition coefficient (Wildman–Crippen LogP) is 1.86. The highest BCUT2D eigenvalue weighted by molar-refractivity contribution is 4.88. The van der Waals surface area contributed by atoms with Gasteiger partial charge in [0.1, 0.15) is 0 Å². The Labute approximate surface area is 107 Å². The van der Waals surface area contributed by atoms with Gasteiger partial charge in [0.05, 0.1) is 6.10 Å². The summed E-state index contributed by atoms with van der Waals surface area (Å²) >= 11 is 0. The lowest BCUT2D eigenvalue weighted by atomic mass is 9.85. The molecule has 1 unspecified atom stereocenters. The lowest BCUT2D eigenvalue weighted by Crippen LogP contribution is -2.41. The molecule has 0 saturated heterocycles. The maximum atomic E-state index is 9.33. The summed E-state index contributed by atoms with van der Waals surface area (Å²) in [7, 11) is 2.19. The van der Waals surface area contributed by atoms with Crippen molar-refractivity contribution in [2.24, 2.45) is 5.41 Å². The molecule has 0 amide bonds. The molecule has 0 aromatic rings. The highest BCUT2D eigenvalue weighted by Crippen LogP contribution is 2.38. The number of aliphatic hydroxyl groups excluding tert-OH is 1. The Balaban J connectivity index is 2.37. The molecule has 102 valence electrons. The van der Waals surface area contributed by atoms with Crippen molar-refractivity contribution < 1.29 is 5.11 Å². The molecule has 3 heteroatoms. The van der Waals surface area contributed by atoms with Crippen molar-refractivity contribution >= 4 is 0 Å². The molecule has 0 aromatic carbocycles. The van der Waals surface area contributed by atoms with Crippen molar-refractivity contribution in [2.75, 3.05) is 33.2 Å². The van der Waals surface area contributed by atoms with Crippen LogP contribution in [0, 0.1) is 5.41 Å². The standard InChI is InChI=1S/C14H30N2O/c1-4-15-11-14(8-5-6-9-14)12-16(3)10-7-13(2)17/h13,15,17H,4-12H2,1-3H3. The minimum absolute atomic E-state index is 0.175. The molecule has 3 nitrogen and oxygen atoms in total. The predicted molar refractivity (Wildman–Crippen MR) is 73.2 cm³/mol. The Morgan fingerprint density at radius 1 is 1.35 bits per heavy atom. The summed E-state index contributed by atoms with van der Waals surface area (Å²) in [6, 6.07) is 0. The first-order valence-electron chi connectivity index (χ1n) is 7.15. The molecule has 0 heterocycles. The molecule has 1 atom stereocenters. The minimum Gasteiger partial charge on any atom is -0.393 e. The average Bonchev–Trinajstić information content (AvgIpc) is 2.73. The van der Waals surface area contributed by atoms with E-state index in [1.54, 1.807) is 0 Å². The van der Waals surface area contributed by atoms with Crippen LogP contribution in [0.3, 0.4) is 0 Å². The van der Waals surface area contributed by atoms with Gasteiger partial charge >= 0.3 is 0 Å². The van der Waals surface area contributed by atoms with E-state index >= 15 is 0 Å². The van der Waals surface area contributed by atoms with Gasteiger partial charge in [-0.25, -0.2) is 0 Å². The van der Waals surface area contributed by atoms with E-state index < -0.39 is 0 Å². The Morgan fingerprint density at radius 3 is 2.53 bits per heavy atom. The maximum Gasteiger partial charge on any atom is 0.0524 e. The van der Waals surface area contributed by atoms with E-state index in [-0.39, 0.29) is 6.10 Å². The van der Waals surface area contributed by atoms with Crippen LogP contribution in [0.1, 0.15) is 46.0 Å². The highest BCUT2D eigenvalue weighted by Gasteiger charge is 2.34. The minimum atomic E-state index is -0.175. The summed E-state index contributed by atoms with van der Waals surface area (Å²) in [6.45, 7) is 8.46. The average molecular weight is 242 g/mol. The summed E-state index contributed by atoms with van der Waals surface area (Å²) in [6.07, 6.45) is 6.20. The van der Waals surface area contributed by atoms with Gasteiger partial charge in [0.15, 0.2) is 0 Å². The number of aliphatic hydroxyl groups is 1. The Bertz CT molecular complexity index is 200. The third-order valence-electron chi connectivity index (χ3n) is 3.95. The van der Waals surface area contributed by atoms with Crippen molar-refractivity contribution in [3.8, 4) is 0 Å². The second-order valence-corrected chi connectivity index (χ2v) is 5.86. The molecule has 0 spiro atoms. The zero-order valence-corrected chi connectivity index (χ0v) is 11.8. The summed E-state index contributed by atoms with van der Waals surface area (Å²) in [5.41, 5.74) is 0.490. The molecule has 1 aliphatic rings. The first-order chi connectivity index (χ1) is 8.08. The molecule has 1 saturated carbocycles. The summed E-state index contributed by atoms with van der Waals surface area (Å²) in [4.78, 5) is 2.40. The van der Waals surface area contributed by atoms with Crippen LogP contribution in [0.2, 0.25) is 0 Å². The summed E-state index contributed by atoms with van der Waals surface area (Å²) in [5, 5.41) is 12.9. The van der Waals surface area contributed by atoms with Crippen LogP contribution in [-0.4, -0.2) is 49.3 Å². The van der Waals surface area contributed by atoms with E-state index in [1.807, 2.05) is 6.92 Å². The number of hydrogen-bond donors (Lipinski definition) is 2. The number of nitrogens with one attached hydrogen (secondary N) is 1. The van der Waals surface area contributed by atoms with Gasteiger partial charge < -0.3 is 15.3 Å². The number of hydrogen-bond acceptors (Lipinski definition) is 3. The smallest absolute Gasteiger partial charge is 0.0524 e. The van der Waals surface area contributed by atoms with Gasteiger partial charge in [-0.1, -0.05) is 19.8 Å².